The Morgan fingerprint density at radius 1 is 1.35 bits per heavy atom. The maximum Gasteiger partial charge on any atom is 0.209 e. The monoisotopic (exact) mass is 319 g/mol. The van der Waals surface area contributed by atoms with E-state index in [0.29, 0.717) is 12.0 Å². The van der Waals surface area contributed by atoms with Crippen molar-refractivity contribution in [1.82, 2.24) is 10.0 Å². The fraction of sp³-hybridized carbons (Fsp3) is 0.923. The lowest BCUT2D eigenvalue weighted by Gasteiger charge is -2.32. The Kier molecular flexibility index (Phi) is 4.71. The number of hydrogen-bond donors (Lipinski definition) is 2. The summed E-state index contributed by atoms with van der Waals surface area (Å²) in [6, 6.07) is 0. The molecule has 1 fully saturated rings. The van der Waals surface area contributed by atoms with Crippen LogP contribution >= 0.6 is 11.8 Å². The second-order valence-corrected chi connectivity index (χ2v) is 9.44. The van der Waals surface area contributed by atoms with Gasteiger partial charge < -0.3 is 5.32 Å². The van der Waals surface area contributed by atoms with Crippen molar-refractivity contribution in [3.05, 3.63) is 0 Å². The number of nitrogens with zero attached hydrogens (tertiary/aromatic N) is 1. The molecule has 20 heavy (non-hydrogen) atoms. The summed E-state index contributed by atoms with van der Waals surface area (Å²) in [6.07, 6.45) is 6.47. The van der Waals surface area contributed by atoms with Crippen molar-refractivity contribution in [2.24, 2.45) is 10.4 Å². The second-order valence-electron chi connectivity index (χ2n) is 6.73. The lowest BCUT2D eigenvalue weighted by atomic mass is 9.89. The molecule has 0 amide bonds. The van der Waals surface area contributed by atoms with Crippen LogP contribution in [-0.4, -0.2) is 44.2 Å². The van der Waals surface area contributed by atoms with Gasteiger partial charge in [-0.25, -0.2) is 13.1 Å². The number of amidine groups is 1. The van der Waals surface area contributed by atoms with Gasteiger partial charge in [-0.15, -0.1) is 0 Å². The highest BCUT2D eigenvalue weighted by atomic mass is 32.2. The molecule has 116 valence electrons. The maximum absolute atomic E-state index is 11.3. The number of thioether (sulfide) groups is 1. The molecule has 0 aromatic carbocycles. The van der Waals surface area contributed by atoms with Gasteiger partial charge >= 0.3 is 0 Å². The van der Waals surface area contributed by atoms with Crippen LogP contribution in [0.3, 0.4) is 0 Å². The third-order valence-corrected chi connectivity index (χ3v) is 6.11. The Labute approximate surface area is 126 Å². The third kappa shape index (κ3) is 4.63. The summed E-state index contributed by atoms with van der Waals surface area (Å²) >= 11 is 1.78. The lowest BCUT2D eigenvalue weighted by Crippen LogP contribution is -2.51. The summed E-state index contributed by atoms with van der Waals surface area (Å²) in [7, 11) is -3.19. The first-order valence-corrected chi connectivity index (χ1v) is 9.98. The lowest BCUT2D eigenvalue weighted by molar-refractivity contribution is 0.357. The van der Waals surface area contributed by atoms with Crippen molar-refractivity contribution < 1.29 is 8.42 Å². The van der Waals surface area contributed by atoms with Gasteiger partial charge in [0.2, 0.25) is 10.0 Å². The van der Waals surface area contributed by atoms with Gasteiger partial charge in [0.15, 0.2) is 5.17 Å². The predicted octanol–water partition coefficient (Wildman–Crippen LogP) is 1.57. The Hall–Kier alpha value is -0.270. The fourth-order valence-corrected chi connectivity index (χ4v) is 5.15. The summed E-state index contributed by atoms with van der Waals surface area (Å²) < 4.78 is 25.2. The topological polar surface area (TPSA) is 70.6 Å². The zero-order chi connectivity index (χ0) is 14.9. The highest BCUT2D eigenvalue weighted by Gasteiger charge is 2.36. The molecule has 0 aromatic heterocycles. The molecule has 5 nitrogen and oxygen atoms in total. The summed E-state index contributed by atoms with van der Waals surface area (Å²) in [5, 5.41) is 4.23. The van der Waals surface area contributed by atoms with Gasteiger partial charge in [-0.3, -0.25) is 4.99 Å². The first kappa shape index (κ1) is 16.1. The van der Waals surface area contributed by atoms with E-state index in [4.69, 9.17) is 0 Å². The summed E-state index contributed by atoms with van der Waals surface area (Å²) in [6.45, 7) is 5.20. The average Bonchev–Trinajstić information content (AvgIpc) is 2.74. The van der Waals surface area contributed by atoms with Gasteiger partial charge in [0, 0.05) is 24.4 Å². The van der Waals surface area contributed by atoms with E-state index in [-0.39, 0.29) is 0 Å². The van der Waals surface area contributed by atoms with E-state index in [9.17, 15) is 8.42 Å². The van der Waals surface area contributed by atoms with Gasteiger partial charge in [-0.1, -0.05) is 24.6 Å². The Bertz CT molecular complexity index is 480. The number of aliphatic imine (C=N–C) groups is 1. The molecule has 2 rings (SSSR count). The summed E-state index contributed by atoms with van der Waals surface area (Å²) in [4.78, 5) is 4.66. The number of nitrogens with one attached hydrogen (secondary N) is 2. The molecule has 1 spiro atoms. The quantitative estimate of drug-likeness (QED) is 0.825. The van der Waals surface area contributed by atoms with Crippen LogP contribution in [-0.2, 0) is 10.0 Å². The number of rotatable bonds is 4. The minimum atomic E-state index is -3.19. The van der Waals surface area contributed by atoms with E-state index in [0.717, 1.165) is 17.5 Å². The van der Waals surface area contributed by atoms with E-state index >= 15 is 0 Å². The molecule has 0 radical (unpaired) electrons. The maximum atomic E-state index is 11.3. The Morgan fingerprint density at radius 3 is 2.50 bits per heavy atom. The van der Waals surface area contributed by atoms with Crippen molar-refractivity contribution in [3.8, 4) is 0 Å². The largest absolute Gasteiger partial charge is 0.363 e. The smallest absolute Gasteiger partial charge is 0.209 e. The zero-order valence-corrected chi connectivity index (χ0v) is 14.2. The van der Waals surface area contributed by atoms with Crippen molar-refractivity contribution in [2.45, 2.75) is 45.1 Å². The van der Waals surface area contributed by atoms with E-state index in [1.807, 2.05) is 13.8 Å². The third-order valence-electron chi connectivity index (χ3n) is 3.88. The predicted molar refractivity (Wildman–Crippen MR) is 85.7 cm³/mol. The number of hydrogen-bond acceptors (Lipinski definition) is 5. The first-order chi connectivity index (χ1) is 9.20. The fourth-order valence-electron chi connectivity index (χ4n) is 2.92. The van der Waals surface area contributed by atoms with E-state index in [1.165, 1.54) is 31.9 Å². The first-order valence-electron chi connectivity index (χ1n) is 7.10. The molecular weight excluding hydrogens is 294 g/mol. The molecule has 0 unspecified atom stereocenters. The van der Waals surface area contributed by atoms with Gasteiger partial charge in [0.05, 0.1) is 6.26 Å². The second kappa shape index (κ2) is 5.85. The molecule has 0 aromatic rings. The van der Waals surface area contributed by atoms with Crippen molar-refractivity contribution in [2.75, 3.05) is 25.1 Å². The number of sulfonamides is 1. The van der Waals surface area contributed by atoms with Crippen molar-refractivity contribution in [1.29, 1.82) is 0 Å². The molecule has 0 saturated heterocycles. The van der Waals surface area contributed by atoms with Crippen LogP contribution < -0.4 is 10.0 Å². The van der Waals surface area contributed by atoms with Crippen molar-refractivity contribution in [3.63, 3.8) is 0 Å². The van der Waals surface area contributed by atoms with E-state index < -0.39 is 15.6 Å². The summed E-state index contributed by atoms with van der Waals surface area (Å²) in [5.41, 5.74) is -0.0739. The van der Waals surface area contributed by atoms with Gasteiger partial charge in [-0.2, -0.15) is 0 Å². The van der Waals surface area contributed by atoms with E-state index in [2.05, 4.69) is 15.0 Å². The normalized spacial score (nSPS) is 22.9. The molecule has 1 aliphatic heterocycles. The molecule has 1 heterocycles. The molecular formula is C13H25N3O2S2. The van der Waals surface area contributed by atoms with Crippen LogP contribution in [0.15, 0.2) is 4.99 Å². The average molecular weight is 319 g/mol. The van der Waals surface area contributed by atoms with Crippen LogP contribution in [0.25, 0.3) is 0 Å². The minimum absolute atomic E-state index is 0.441. The summed E-state index contributed by atoms with van der Waals surface area (Å²) in [5.74, 6) is 1.14. The molecule has 0 bridgehead atoms. The van der Waals surface area contributed by atoms with E-state index in [1.54, 1.807) is 11.8 Å². The molecule has 2 aliphatic rings. The minimum Gasteiger partial charge on any atom is -0.363 e. The van der Waals surface area contributed by atoms with Gasteiger partial charge in [0.1, 0.15) is 0 Å². The van der Waals surface area contributed by atoms with Crippen LogP contribution in [0.5, 0.6) is 0 Å². The van der Waals surface area contributed by atoms with Crippen LogP contribution in [0, 0.1) is 5.41 Å². The molecule has 7 heteroatoms. The van der Waals surface area contributed by atoms with Crippen LogP contribution in [0.2, 0.25) is 0 Å². The van der Waals surface area contributed by atoms with Gasteiger partial charge in [-0.05, 0) is 32.1 Å². The molecule has 1 saturated carbocycles. The highest BCUT2D eigenvalue weighted by molar-refractivity contribution is 8.13. The van der Waals surface area contributed by atoms with Crippen LogP contribution in [0.1, 0.15) is 39.5 Å². The SMILES string of the molecule is CC(C)(CNC1=NCC2(CCCC2)CS1)NS(C)(=O)=O. The molecule has 1 aliphatic carbocycles. The van der Waals surface area contributed by atoms with Crippen LogP contribution in [0.4, 0.5) is 0 Å². The standard InChI is InChI=1S/C13H25N3O2S2/c1-12(2,16-20(3,17)18)8-14-11-15-9-13(10-19-11)6-4-5-7-13/h16H,4-10H2,1-3H3,(H,14,15). The Morgan fingerprint density at radius 2 is 2.00 bits per heavy atom. The molecule has 2 N–H and O–H groups in total. The van der Waals surface area contributed by atoms with Crippen molar-refractivity contribution >= 4 is 27.0 Å². The Balaban J connectivity index is 1.84. The highest BCUT2D eigenvalue weighted by Crippen LogP contribution is 2.43. The molecule has 0 atom stereocenters. The van der Waals surface area contributed by atoms with Gasteiger partial charge in [0.25, 0.3) is 0 Å². The zero-order valence-electron chi connectivity index (χ0n) is 12.5.